The van der Waals surface area contributed by atoms with Crippen molar-refractivity contribution in [2.24, 2.45) is 0 Å². The fourth-order valence-corrected chi connectivity index (χ4v) is 2.77. The number of esters is 1. The van der Waals surface area contributed by atoms with Gasteiger partial charge in [0.05, 0.1) is 17.7 Å². The fourth-order valence-electron chi connectivity index (χ4n) is 2.59. The molecule has 0 unspecified atom stereocenters. The minimum Gasteiger partial charge on any atom is -0.465 e. The maximum Gasteiger partial charge on any atom is 0.337 e. The SMILES string of the molecule is COC(=O)c1ccc(C(=O)Nc2cccc(C(=O)Nc3ccc(F)c(Cl)c3)c2)cc1. The summed E-state index contributed by atoms with van der Waals surface area (Å²) in [7, 11) is 1.27. The molecule has 2 N–H and O–H groups in total. The molecule has 0 atom stereocenters. The maximum absolute atomic E-state index is 13.2. The van der Waals surface area contributed by atoms with Gasteiger partial charge in [-0.15, -0.1) is 0 Å². The molecule has 8 heteroatoms. The summed E-state index contributed by atoms with van der Waals surface area (Å²) in [6.45, 7) is 0. The Morgan fingerprint density at radius 3 is 2.03 bits per heavy atom. The van der Waals surface area contributed by atoms with E-state index in [9.17, 15) is 18.8 Å². The van der Waals surface area contributed by atoms with Crippen LogP contribution in [0, 0.1) is 5.82 Å². The van der Waals surface area contributed by atoms with Gasteiger partial charge in [0.2, 0.25) is 0 Å². The summed E-state index contributed by atoms with van der Waals surface area (Å²) in [6, 6.07) is 16.1. The van der Waals surface area contributed by atoms with E-state index in [0.717, 1.165) is 6.07 Å². The van der Waals surface area contributed by atoms with E-state index < -0.39 is 23.6 Å². The first-order valence-electron chi connectivity index (χ1n) is 8.73. The summed E-state index contributed by atoms with van der Waals surface area (Å²) in [5.74, 6) is -1.94. The molecule has 0 aliphatic heterocycles. The first-order valence-corrected chi connectivity index (χ1v) is 9.11. The molecule has 6 nitrogen and oxygen atoms in total. The zero-order valence-corrected chi connectivity index (χ0v) is 16.5. The average molecular weight is 427 g/mol. The third kappa shape index (κ3) is 5.01. The Kier molecular flexibility index (Phi) is 6.44. The molecule has 0 heterocycles. The van der Waals surface area contributed by atoms with Crippen LogP contribution in [0.5, 0.6) is 0 Å². The minimum atomic E-state index is -0.584. The van der Waals surface area contributed by atoms with Gasteiger partial charge in [-0.05, 0) is 60.7 Å². The summed E-state index contributed by atoms with van der Waals surface area (Å²) in [5, 5.41) is 5.20. The van der Waals surface area contributed by atoms with E-state index in [2.05, 4.69) is 15.4 Å². The number of methoxy groups -OCH3 is 1. The number of hydrogen-bond donors (Lipinski definition) is 2. The Morgan fingerprint density at radius 1 is 0.800 bits per heavy atom. The molecule has 30 heavy (non-hydrogen) atoms. The molecular weight excluding hydrogens is 411 g/mol. The Hall–Kier alpha value is -3.71. The number of halogens is 2. The van der Waals surface area contributed by atoms with Crippen LogP contribution < -0.4 is 10.6 Å². The van der Waals surface area contributed by atoms with Crippen LogP contribution in [-0.2, 0) is 4.74 Å². The molecule has 0 saturated heterocycles. The van der Waals surface area contributed by atoms with Crippen LogP contribution in [0.25, 0.3) is 0 Å². The van der Waals surface area contributed by atoms with Crippen LogP contribution in [0.2, 0.25) is 5.02 Å². The molecule has 0 saturated carbocycles. The molecule has 0 bridgehead atoms. The number of carbonyl (C=O) groups excluding carboxylic acids is 3. The monoisotopic (exact) mass is 426 g/mol. The van der Waals surface area contributed by atoms with Crippen LogP contribution >= 0.6 is 11.6 Å². The molecule has 3 aromatic carbocycles. The zero-order chi connectivity index (χ0) is 21.7. The van der Waals surface area contributed by atoms with Crippen LogP contribution in [0.1, 0.15) is 31.1 Å². The zero-order valence-electron chi connectivity index (χ0n) is 15.7. The molecule has 0 aromatic heterocycles. The second kappa shape index (κ2) is 9.19. The van der Waals surface area contributed by atoms with Crippen LogP contribution in [0.15, 0.2) is 66.7 Å². The highest BCUT2D eigenvalue weighted by Crippen LogP contribution is 2.20. The van der Waals surface area contributed by atoms with Crippen molar-refractivity contribution in [3.8, 4) is 0 Å². The number of ether oxygens (including phenoxy) is 1. The van der Waals surface area contributed by atoms with E-state index in [0.29, 0.717) is 22.5 Å². The van der Waals surface area contributed by atoms with Crippen molar-refractivity contribution in [1.82, 2.24) is 0 Å². The Balaban J connectivity index is 1.70. The van der Waals surface area contributed by atoms with E-state index in [1.807, 2.05) is 0 Å². The number of carbonyl (C=O) groups is 3. The van der Waals surface area contributed by atoms with Crippen molar-refractivity contribution in [2.75, 3.05) is 17.7 Å². The second-order valence-corrected chi connectivity index (χ2v) is 6.59. The van der Waals surface area contributed by atoms with Crippen molar-refractivity contribution >= 4 is 40.8 Å². The lowest BCUT2D eigenvalue weighted by molar-refractivity contribution is 0.0600. The summed E-state index contributed by atoms with van der Waals surface area (Å²) < 4.78 is 17.9. The average Bonchev–Trinajstić information content (AvgIpc) is 2.76. The van der Waals surface area contributed by atoms with Crippen molar-refractivity contribution in [3.05, 3.63) is 94.3 Å². The fraction of sp³-hybridized carbons (Fsp3) is 0.0455. The smallest absolute Gasteiger partial charge is 0.337 e. The molecule has 0 aliphatic carbocycles. The quantitative estimate of drug-likeness (QED) is 0.575. The first-order chi connectivity index (χ1) is 14.4. The van der Waals surface area contributed by atoms with E-state index in [-0.39, 0.29) is 10.6 Å². The predicted octanol–water partition coefficient (Wildman–Crippen LogP) is 4.77. The van der Waals surface area contributed by atoms with Gasteiger partial charge in [0, 0.05) is 22.5 Å². The normalized spacial score (nSPS) is 10.2. The van der Waals surface area contributed by atoms with E-state index in [1.54, 1.807) is 18.2 Å². The third-order valence-corrected chi connectivity index (χ3v) is 4.42. The Bertz CT molecular complexity index is 1120. The number of benzene rings is 3. The van der Waals surface area contributed by atoms with Gasteiger partial charge in [-0.3, -0.25) is 9.59 Å². The number of anilines is 2. The molecule has 152 valence electrons. The number of nitrogens with one attached hydrogen (secondary N) is 2. The molecular formula is C22H16ClFN2O4. The highest BCUT2D eigenvalue weighted by Gasteiger charge is 2.12. The molecule has 0 spiro atoms. The second-order valence-electron chi connectivity index (χ2n) is 6.19. The van der Waals surface area contributed by atoms with Gasteiger partial charge in [0.25, 0.3) is 11.8 Å². The summed E-state index contributed by atoms with van der Waals surface area (Å²) >= 11 is 5.72. The summed E-state index contributed by atoms with van der Waals surface area (Å²) in [5.41, 5.74) is 1.69. The maximum atomic E-state index is 13.2. The van der Waals surface area contributed by atoms with Gasteiger partial charge >= 0.3 is 5.97 Å². The molecule has 2 amide bonds. The van der Waals surface area contributed by atoms with E-state index in [4.69, 9.17) is 11.6 Å². The van der Waals surface area contributed by atoms with Gasteiger partial charge in [-0.25, -0.2) is 9.18 Å². The molecule has 0 radical (unpaired) electrons. The topological polar surface area (TPSA) is 84.5 Å². The lowest BCUT2D eigenvalue weighted by atomic mass is 10.1. The van der Waals surface area contributed by atoms with Gasteiger partial charge in [0.15, 0.2) is 0 Å². The van der Waals surface area contributed by atoms with Crippen molar-refractivity contribution in [2.45, 2.75) is 0 Å². The first kappa shape index (κ1) is 21.0. The Labute approximate surface area is 176 Å². The van der Waals surface area contributed by atoms with Gasteiger partial charge in [0.1, 0.15) is 5.82 Å². The molecule has 3 aromatic rings. The van der Waals surface area contributed by atoms with Gasteiger partial charge in [-0.1, -0.05) is 17.7 Å². The van der Waals surface area contributed by atoms with E-state index >= 15 is 0 Å². The number of rotatable bonds is 5. The highest BCUT2D eigenvalue weighted by molar-refractivity contribution is 6.31. The lowest BCUT2D eigenvalue weighted by Gasteiger charge is -2.09. The number of hydrogen-bond acceptors (Lipinski definition) is 4. The molecule has 3 rings (SSSR count). The third-order valence-electron chi connectivity index (χ3n) is 4.13. The molecule has 0 aliphatic rings. The standard InChI is InChI=1S/C22H16ClFN2O4/c1-30-22(29)14-7-5-13(6-8-14)20(27)25-16-4-2-3-15(11-16)21(28)26-17-9-10-19(24)18(23)12-17/h2-12H,1H3,(H,25,27)(H,26,28). The Morgan fingerprint density at radius 2 is 1.40 bits per heavy atom. The predicted molar refractivity (Wildman–Crippen MR) is 112 cm³/mol. The summed E-state index contributed by atoms with van der Waals surface area (Å²) in [4.78, 5) is 36.3. The van der Waals surface area contributed by atoms with E-state index in [1.165, 1.54) is 49.6 Å². The van der Waals surface area contributed by atoms with Crippen LogP contribution in [0.3, 0.4) is 0 Å². The van der Waals surface area contributed by atoms with Crippen molar-refractivity contribution in [3.63, 3.8) is 0 Å². The van der Waals surface area contributed by atoms with Crippen LogP contribution in [-0.4, -0.2) is 24.9 Å². The van der Waals surface area contributed by atoms with Crippen molar-refractivity contribution < 1.29 is 23.5 Å². The minimum absolute atomic E-state index is 0.105. The summed E-state index contributed by atoms with van der Waals surface area (Å²) in [6.07, 6.45) is 0. The molecule has 0 fully saturated rings. The number of amides is 2. The van der Waals surface area contributed by atoms with Gasteiger partial charge in [-0.2, -0.15) is 0 Å². The van der Waals surface area contributed by atoms with Crippen molar-refractivity contribution in [1.29, 1.82) is 0 Å². The van der Waals surface area contributed by atoms with Crippen LogP contribution in [0.4, 0.5) is 15.8 Å². The largest absolute Gasteiger partial charge is 0.465 e. The van der Waals surface area contributed by atoms with Gasteiger partial charge < -0.3 is 15.4 Å². The lowest BCUT2D eigenvalue weighted by Crippen LogP contribution is -2.15. The highest BCUT2D eigenvalue weighted by atomic mass is 35.5.